The molecule has 0 bridgehead atoms. The molecule has 2 amide bonds. The predicted molar refractivity (Wildman–Crippen MR) is 105 cm³/mol. The Bertz CT molecular complexity index is 907. The van der Waals surface area contributed by atoms with Crippen molar-refractivity contribution in [3.8, 4) is 0 Å². The van der Waals surface area contributed by atoms with E-state index in [0.29, 0.717) is 30.8 Å². The highest BCUT2D eigenvalue weighted by molar-refractivity contribution is 5.98. The van der Waals surface area contributed by atoms with Crippen molar-refractivity contribution in [2.75, 3.05) is 18.4 Å². The van der Waals surface area contributed by atoms with Crippen LogP contribution in [0.5, 0.6) is 0 Å². The van der Waals surface area contributed by atoms with Crippen LogP contribution < -0.4 is 5.32 Å². The molecule has 7 heteroatoms. The minimum absolute atomic E-state index is 0.130. The molecule has 0 aromatic heterocycles. The van der Waals surface area contributed by atoms with E-state index in [1.54, 1.807) is 35.2 Å². The molecule has 0 spiro atoms. The molecule has 1 aliphatic rings. The van der Waals surface area contributed by atoms with E-state index in [-0.39, 0.29) is 17.4 Å². The molecule has 29 heavy (non-hydrogen) atoms. The van der Waals surface area contributed by atoms with Crippen molar-refractivity contribution in [3.63, 3.8) is 0 Å². The molecule has 0 saturated heterocycles. The molecule has 1 aliphatic carbocycles. The highest BCUT2D eigenvalue weighted by Gasteiger charge is 2.47. The summed E-state index contributed by atoms with van der Waals surface area (Å²) in [5.74, 6) is -1.43. The van der Waals surface area contributed by atoms with Gasteiger partial charge in [-0.25, -0.2) is 0 Å². The van der Waals surface area contributed by atoms with Crippen molar-refractivity contribution in [2.24, 2.45) is 5.92 Å². The fourth-order valence-corrected chi connectivity index (χ4v) is 3.57. The summed E-state index contributed by atoms with van der Waals surface area (Å²) in [4.78, 5) is 26.7. The average molecular weight is 404 g/mol. The molecule has 3 rings (SSSR count). The fraction of sp³-hybridized carbons (Fsp3) is 0.364. The molecule has 2 unspecified atom stereocenters. The molecule has 1 N–H and O–H groups in total. The van der Waals surface area contributed by atoms with Gasteiger partial charge < -0.3 is 10.2 Å². The lowest BCUT2D eigenvalue weighted by Crippen LogP contribution is -2.30. The monoisotopic (exact) mass is 404 g/mol. The molecule has 154 valence electrons. The Morgan fingerprint density at radius 3 is 2.41 bits per heavy atom. The number of halogens is 3. The zero-order chi connectivity index (χ0) is 21.2. The third kappa shape index (κ3) is 4.60. The maximum Gasteiger partial charge on any atom is 0.416 e. The molecule has 0 heterocycles. The van der Waals surface area contributed by atoms with Crippen molar-refractivity contribution < 1.29 is 22.8 Å². The lowest BCUT2D eigenvalue weighted by molar-refractivity contribution is -0.138. The number of benzene rings is 2. The van der Waals surface area contributed by atoms with Crippen molar-refractivity contribution in [1.29, 1.82) is 0 Å². The van der Waals surface area contributed by atoms with Crippen LogP contribution >= 0.6 is 0 Å². The summed E-state index contributed by atoms with van der Waals surface area (Å²) in [6.45, 7) is 4.93. The Kier molecular flexibility index (Phi) is 5.96. The van der Waals surface area contributed by atoms with Gasteiger partial charge in [0.2, 0.25) is 5.91 Å². The van der Waals surface area contributed by atoms with Gasteiger partial charge in [-0.15, -0.1) is 0 Å². The fourth-order valence-electron chi connectivity index (χ4n) is 3.57. The smallest absolute Gasteiger partial charge is 0.339 e. The average Bonchev–Trinajstić information content (AvgIpc) is 3.49. The highest BCUT2D eigenvalue weighted by Crippen LogP contribution is 2.51. The van der Waals surface area contributed by atoms with Crippen molar-refractivity contribution in [1.82, 2.24) is 4.90 Å². The Hall–Kier alpha value is -2.83. The number of carbonyl (C=O) groups excluding carboxylic acids is 2. The van der Waals surface area contributed by atoms with E-state index in [4.69, 9.17) is 0 Å². The first-order chi connectivity index (χ1) is 13.8. The predicted octanol–water partition coefficient (Wildman–Crippen LogP) is 4.93. The number of carbonyl (C=O) groups is 2. The summed E-state index contributed by atoms with van der Waals surface area (Å²) in [7, 11) is 0. The van der Waals surface area contributed by atoms with Crippen LogP contribution in [0.3, 0.4) is 0 Å². The molecule has 4 nitrogen and oxygen atoms in total. The maximum absolute atomic E-state index is 13.2. The van der Waals surface area contributed by atoms with Crippen LogP contribution in [-0.2, 0) is 11.0 Å². The van der Waals surface area contributed by atoms with E-state index in [1.165, 1.54) is 12.1 Å². The largest absolute Gasteiger partial charge is 0.416 e. The first-order valence-corrected chi connectivity index (χ1v) is 9.62. The zero-order valence-electron chi connectivity index (χ0n) is 16.3. The lowest BCUT2D eigenvalue weighted by Gasteiger charge is -2.19. The quantitative estimate of drug-likeness (QED) is 0.742. The summed E-state index contributed by atoms with van der Waals surface area (Å²) >= 11 is 0. The van der Waals surface area contributed by atoms with Crippen LogP contribution in [0, 0.1) is 5.92 Å². The van der Waals surface area contributed by atoms with Crippen LogP contribution in [0.25, 0.3) is 0 Å². The van der Waals surface area contributed by atoms with E-state index >= 15 is 0 Å². The topological polar surface area (TPSA) is 49.4 Å². The molecule has 2 aromatic rings. The standard InChI is InChI=1S/C22H23F3N2O2/c1-3-27(4-2)21(29)14-8-7-9-15(12-14)26-20(28)18-13-17(18)16-10-5-6-11-19(16)22(23,24)25/h5-12,17-18H,3-4,13H2,1-2H3,(H,26,28). The Morgan fingerprint density at radius 1 is 1.07 bits per heavy atom. The van der Waals surface area contributed by atoms with E-state index in [1.807, 2.05) is 13.8 Å². The van der Waals surface area contributed by atoms with Gasteiger partial charge in [0.25, 0.3) is 5.91 Å². The van der Waals surface area contributed by atoms with Crippen LogP contribution in [0.4, 0.5) is 18.9 Å². The van der Waals surface area contributed by atoms with Gasteiger partial charge in [0.15, 0.2) is 0 Å². The molecular formula is C22H23F3N2O2. The van der Waals surface area contributed by atoms with E-state index < -0.39 is 23.6 Å². The first kappa shape index (κ1) is 20.9. The van der Waals surface area contributed by atoms with Gasteiger partial charge in [0.05, 0.1) is 5.56 Å². The summed E-state index contributed by atoms with van der Waals surface area (Å²) in [6.07, 6.45) is -4.07. The van der Waals surface area contributed by atoms with E-state index in [9.17, 15) is 22.8 Å². The zero-order valence-corrected chi connectivity index (χ0v) is 16.3. The van der Waals surface area contributed by atoms with Crippen LogP contribution in [0.15, 0.2) is 48.5 Å². The summed E-state index contributed by atoms with van der Waals surface area (Å²) < 4.78 is 39.7. The van der Waals surface area contributed by atoms with E-state index in [2.05, 4.69) is 5.32 Å². The summed E-state index contributed by atoms with van der Waals surface area (Å²) in [5.41, 5.74) is 0.391. The third-order valence-corrected chi connectivity index (χ3v) is 5.22. The number of rotatable bonds is 6. The molecule has 1 fully saturated rings. The minimum Gasteiger partial charge on any atom is -0.339 e. The number of anilines is 1. The van der Waals surface area contributed by atoms with E-state index in [0.717, 1.165) is 6.07 Å². The van der Waals surface area contributed by atoms with Crippen LogP contribution in [0.1, 0.15) is 47.7 Å². The van der Waals surface area contributed by atoms with Gasteiger partial charge in [-0.3, -0.25) is 9.59 Å². The third-order valence-electron chi connectivity index (χ3n) is 5.22. The van der Waals surface area contributed by atoms with Gasteiger partial charge in [0, 0.05) is 30.3 Å². The van der Waals surface area contributed by atoms with Gasteiger partial charge in [-0.05, 0) is 56.0 Å². The van der Waals surface area contributed by atoms with Crippen molar-refractivity contribution >= 4 is 17.5 Å². The molecular weight excluding hydrogens is 381 g/mol. The van der Waals surface area contributed by atoms with Gasteiger partial charge in [0.1, 0.15) is 0 Å². The van der Waals surface area contributed by atoms with Crippen molar-refractivity contribution in [2.45, 2.75) is 32.4 Å². The van der Waals surface area contributed by atoms with Crippen LogP contribution in [-0.4, -0.2) is 29.8 Å². The SMILES string of the molecule is CCN(CC)C(=O)c1cccc(NC(=O)C2CC2c2ccccc2C(F)(F)F)c1. The second kappa shape index (κ2) is 8.27. The van der Waals surface area contributed by atoms with Crippen molar-refractivity contribution in [3.05, 3.63) is 65.2 Å². The highest BCUT2D eigenvalue weighted by atomic mass is 19.4. The van der Waals surface area contributed by atoms with Gasteiger partial charge in [-0.2, -0.15) is 13.2 Å². The Labute approximate surface area is 167 Å². The second-order valence-corrected chi connectivity index (χ2v) is 7.08. The first-order valence-electron chi connectivity index (χ1n) is 9.62. The molecule has 2 aromatic carbocycles. The maximum atomic E-state index is 13.2. The molecule has 0 aliphatic heterocycles. The number of amides is 2. The number of hydrogen-bond donors (Lipinski definition) is 1. The number of nitrogens with one attached hydrogen (secondary N) is 1. The van der Waals surface area contributed by atoms with Gasteiger partial charge in [-0.1, -0.05) is 24.3 Å². The second-order valence-electron chi connectivity index (χ2n) is 7.08. The molecule has 2 atom stereocenters. The Morgan fingerprint density at radius 2 is 1.76 bits per heavy atom. The number of alkyl halides is 3. The number of hydrogen-bond acceptors (Lipinski definition) is 2. The summed E-state index contributed by atoms with van der Waals surface area (Å²) in [5, 5.41) is 2.74. The molecule has 0 radical (unpaired) electrons. The summed E-state index contributed by atoms with van der Waals surface area (Å²) in [6, 6.07) is 12.0. The van der Waals surface area contributed by atoms with Gasteiger partial charge >= 0.3 is 6.18 Å². The van der Waals surface area contributed by atoms with Crippen LogP contribution in [0.2, 0.25) is 0 Å². The molecule has 1 saturated carbocycles. The minimum atomic E-state index is -4.45. The normalized spacial score (nSPS) is 18.2. The number of nitrogens with zero attached hydrogens (tertiary/aromatic N) is 1. The Balaban J connectivity index is 1.71. The lowest BCUT2D eigenvalue weighted by atomic mass is 10.0.